The molecule has 8 aromatic rings. The van der Waals surface area contributed by atoms with E-state index in [-0.39, 0.29) is 0 Å². The summed E-state index contributed by atoms with van der Waals surface area (Å²) in [7, 11) is 0. The van der Waals surface area contributed by atoms with Gasteiger partial charge in [-0.3, -0.25) is 0 Å². The van der Waals surface area contributed by atoms with Crippen LogP contribution in [0.15, 0.2) is 49.6 Å². The summed E-state index contributed by atoms with van der Waals surface area (Å²) in [6, 6.07) is 0. The Balaban J connectivity index is 0.000000806. The molecule has 141 heavy (non-hydrogen) atoms. The zero-order valence-electron chi connectivity index (χ0n) is 98.1. The van der Waals surface area contributed by atoms with Gasteiger partial charge in [-0.15, -0.1) is 40.8 Å². The second-order valence-electron chi connectivity index (χ2n) is 47.9. The van der Waals surface area contributed by atoms with E-state index in [1.54, 1.807) is 0 Å². The zero-order valence-corrected chi connectivity index (χ0v) is 98.1. The Hall–Kier alpha value is -6.88. The molecular weight excluding hydrogens is 1740 g/mol. The first-order valence-corrected chi connectivity index (χ1v) is 58.2. The summed E-state index contributed by atoms with van der Waals surface area (Å²) in [5.41, 5.74) is 10.4. The van der Waals surface area contributed by atoms with Crippen molar-refractivity contribution in [3.63, 3.8) is 0 Å². The van der Waals surface area contributed by atoms with Crippen LogP contribution in [0.25, 0.3) is 0 Å². The van der Waals surface area contributed by atoms with Crippen LogP contribution >= 0.6 is 0 Å². The Morgan fingerprint density at radius 3 is 0.426 bits per heavy atom. The van der Waals surface area contributed by atoms with Gasteiger partial charge >= 0.3 is 0 Å². The maximum Gasteiger partial charge on any atom is 0.0725 e. The fraction of sp³-hybridized carbons (Fsp3) is 0.863. The summed E-state index contributed by atoms with van der Waals surface area (Å²) in [5, 5.41) is 65.8. The quantitative estimate of drug-likeness (QED) is 0.0322. The van der Waals surface area contributed by atoms with Crippen molar-refractivity contribution in [2.45, 2.75) is 563 Å². The van der Waals surface area contributed by atoms with Crippen LogP contribution in [-0.4, -0.2) is 120 Å². The van der Waals surface area contributed by atoms with Crippen LogP contribution < -0.4 is 0 Å². The van der Waals surface area contributed by atoms with Crippen molar-refractivity contribution < 1.29 is 0 Å². The molecule has 814 valence electrons. The Kier molecular flexibility index (Phi) is 78.9. The first kappa shape index (κ1) is 132. The van der Waals surface area contributed by atoms with E-state index >= 15 is 0 Å². The van der Waals surface area contributed by atoms with E-state index in [0.717, 1.165) is 198 Å². The van der Waals surface area contributed by atoms with Gasteiger partial charge in [-0.05, 0) is 262 Å². The molecule has 0 bridgehead atoms. The first-order chi connectivity index (χ1) is 67.2. The second kappa shape index (κ2) is 84.2. The molecule has 0 saturated heterocycles. The number of rotatable bonds is 69. The lowest BCUT2D eigenvalue weighted by Crippen LogP contribution is -2.07. The monoisotopic (exact) mass is 1970 g/mol. The molecule has 0 radical (unpaired) electrons. The lowest BCUT2D eigenvalue weighted by molar-refractivity contribution is 0.461. The minimum Gasteiger partial charge on any atom is -0.249 e. The molecule has 0 amide bonds. The van der Waals surface area contributed by atoms with Gasteiger partial charge in [0.15, 0.2) is 0 Å². The molecule has 24 heteroatoms. The van der Waals surface area contributed by atoms with E-state index in [0.29, 0.717) is 0 Å². The standard InChI is InChI=1S/C16H31N3.3C15H29N3.4C14H27N3/c1-14(2)9-5-6-11-16-13-17-18-19(16)12-8-7-10-15(3)4;1-13(2)8-5-6-11-18-15(12-16-17-18)10-7-9-14(3)4;2*1-13(2)8-5-6-10-15-12-16-17-18(15)11-7-9-14(3)4;2*1-12(2)7-5-6-10-17-14(11-15-16-17)9-8-13(3)4;2*1-12(2)7-5-6-8-14-11-15-16-17(14)10-9-13(3)4/h13-15H,5-12H2,1-4H3;3*12-14H,5-11H2,1-4H3;4*11-13H,5-10H2,1-4H3. The smallest absolute Gasteiger partial charge is 0.0725 e. The highest BCUT2D eigenvalue weighted by molar-refractivity contribution is 5.00. The van der Waals surface area contributed by atoms with Gasteiger partial charge in [0.1, 0.15) is 0 Å². The fourth-order valence-electron chi connectivity index (χ4n) is 16.5. The summed E-state index contributed by atoms with van der Waals surface area (Å²) in [6.07, 6.45) is 71.5. The molecule has 8 heterocycles. The normalized spacial score (nSPS) is 11.7. The van der Waals surface area contributed by atoms with Crippen molar-refractivity contribution in [1.82, 2.24) is 120 Å². The third kappa shape index (κ3) is 75.5. The summed E-state index contributed by atoms with van der Waals surface area (Å²) in [6.45, 7) is 81.0. The molecular formula is C117H226N24. The molecule has 24 nitrogen and oxygen atoms in total. The summed E-state index contributed by atoms with van der Waals surface area (Å²) in [4.78, 5) is 0. The van der Waals surface area contributed by atoms with Gasteiger partial charge in [0.2, 0.25) is 0 Å². The molecule has 0 aliphatic carbocycles. The van der Waals surface area contributed by atoms with Gasteiger partial charge in [-0.1, -0.05) is 385 Å². The van der Waals surface area contributed by atoms with Gasteiger partial charge in [-0.25, -0.2) is 37.5 Å². The molecule has 8 rings (SSSR count). The molecule has 0 aromatic carbocycles. The lowest BCUT2D eigenvalue weighted by Gasteiger charge is -2.08. The average Bonchev–Trinajstić information content (AvgIpc) is 1.74. The SMILES string of the molecule is CC(C)CCCCc1cnnn1CCC(C)C.CC(C)CCCCc1cnnn1CCC(C)C.CC(C)CCCCc1cnnn1CCCC(C)C.CC(C)CCCCc1cnnn1CCCC(C)C.CC(C)CCCCc1cnnn1CCCCC(C)C.CC(C)CCCCn1nncc1CCC(C)C.CC(C)CCCCn1nncc1CCC(C)C.CC(C)CCCCn1nncc1CCCC(C)C. The van der Waals surface area contributed by atoms with Crippen LogP contribution in [0.3, 0.4) is 0 Å². The number of aryl methyl sites for hydroxylation is 16. The molecule has 8 aromatic heterocycles. The van der Waals surface area contributed by atoms with E-state index in [2.05, 4.69) is 342 Å². The van der Waals surface area contributed by atoms with E-state index in [4.69, 9.17) is 0 Å². The Bertz CT molecular complexity index is 3570. The van der Waals surface area contributed by atoms with Crippen molar-refractivity contribution in [3.8, 4) is 0 Å². The van der Waals surface area contributed by atoms with Crippen molar-refractivity contribution in [1.29, 1.82) is 0 Å². The second-order valence-corrected chi connectivity index (χ2v) is 47.9. The largest absolute Gasteiger partial charge is 0.249 e. The van der Waals surface area contributed by atoms with Crippen molar-refractivity contribution in [2.24, 2.45) is 94.7 Å². The molecule has 0 aliphatic rings. The molecule has 0 fully saturated rings. The highest BCUT2D eigenvalue weighted by atomic mass is 15.5. The number of hydrogen-bond acceptors (Lipinski definition) is 16. The topological polar surface area (TPSA) is 246 Å². The number of aromatic nitrogens is 24. The number of hydrogen-bond donors (Lipinski definition) is 0. The van der Waals surface area contributed by atoms with Gasteiger partial charge in [0.05, 0.1) is 95.1 Å². The Morgan fingerprint density at radius 1 is 0.128 bits per heavy atom. The predicted octanol–water partition coefficient (Wildman–Crippen LogP) is 31.5. The van der Waals surface area contributed by atoms with Crippen LogP contribution in [0.4, 0.5) is 0 Å². The minimum absolute atomic E-state index is 0.730. The van der Waals surface area contributed by atoms with Crippen LogP contribution in [0.1, 0.15) is 505 Å². The van der Waals surface area contributed by atoms with E-state index in [1.807, 2.05) is 49.6 Å². The fourth-order valence-corrected chi connectivity index (χ4v) is 16.5. The highest BCUT2D eigenvalue weighted by Gasteiger charge is 2.15. The van der Waals surface area contributed by atoms with Crippen LogP contribution in [0, 0.1) is 94.7 Å². The third-order valence-electron chi connectivity index (χ3n) is 25.8. The van der Waals surface area contributed by atoms with Crippen LogP contribution in [0.5, 0.6) is 0 Å². The molecule has 0 aliphatic heterocycles. The number of unbranched alkanes of at least 4 members (excludes halogenated alkanes) is 9. The average molecular weight is 1970 g/mol. The van der Waals surface area contributed by atoms with Crippen LogP contribution in [-0.2, 0) is 104 Å². The van der Waals surface area contributed by atoms with Gasteiger partial charge in [0.25, 0.3) is 0 Å². The summed E-state index contributed by atoms with van der Waals surface area (Å²) >= 11 is 0. The van der Waals surface area contributed by atoms with Crippen molar-refractivity contribution in [2.75, 3.05) is 0 Å². The van der Waals surface area contributed by atoms with Gasteiger partial charge in [0, 0.05) is 52.4 Å². The third-order valence-corrected chi connectivity index (χ3v) is 25.8. The van der Waals surface area contributed by atoms with Crippen molar-refractivity contribution in [3.05, 3.63) is 95.1 Å². The molecule has 0 saturated carbocycles. The molecule has 0 unspecified atom stereocenters. The van der Waals surface area contributed by atoms with Gasteiger partial charge < -0.3 is 0 Å². The predicted molar refractivity (Wildman–Crippen MR) is 598 cm³/mol. The summed E-state index contributed by atoms with van der Waals surface area (Å²) < 4.78 is 16.7. The van der Waals surface area contributed by atoms with E-state index in [1.165, 1.54) is 283 Å². The van der Waals surface area contributed by atoms with Crippen LogP contribution in [0.2, 0.25) is 0 Å². The van der Waals surface area contributed by atoms with E-state index < -0.39 is 0 Å². The number of nitrogens with zero attached hydrogens (tertiary/aromatic N) is 24. The maximum absolute atomic E-state index is 4.21. The zero-order chi connectivity index (χ0) is 105. The maximum atomic E-state index is 4.21. The molecule has 0 spiro atoms. The highest BCUT2D eigenvalue weighted by Crippen LogP contribution is 2.22. The molecule has 0 atom stereocenters. The minimum atomic E-state index is 0.730. The Labute approximate surface area is 867 Å². The van der Waals surface area contributed by atoms with E-state index in [9.17, 15) is 0 Å². The molecule has 0 N–H and O–H groups in total. The van der Waals surface area contributed by atoms with Crippen molar-refractivity contribution >= 4 is 0 Å². The Morgan fingerprint density at radius 2 is 0.255 bits per heavy atom. The lowest BCUT2D eigenvalue weighted by atomic mass is 10.0. The summed E-state index contributed by atoms with van der Waals surface area (Å²) in [5.74, 6) is 12.6. The van der Waals surface area contributed by atoms with Gasteiger partial charge in [-0.2, -0.15) is 0 Å². The first-order valence-electron chi connectivity index (χ1n) is 58.2.